The molecule has 1 heterocycles. The molecular formula is C22H26Cl2N2O4. The van der Waals surface area contributed by atoms with Crippen LogP contribution in [0.3, 0.4) is 0 Å². The summed E-state index contributed by atoms with van der Waals surface area (Å²) in [5, 5.41) is 0.785. The molecule has 0 bridgehead atoms. The molecule has 0 atom stereocenters. The van der Waals surface area contributed by atoms with Crippen LogP contribution in [-0.2, 0) is 6.42 Å². The number of hydrogen-bond acceptors (Lipinski definition) is 5. The maximum absolute atomic E-state index is 12.7. The zero-order valence-corrected chi connectivity index (χ0v) is 18.9. The average Bonchev–Trinajstić information content (AvgIpc) is 2.74. The Morgan fingerprint density at radius 3 is 2.60 bits per heavy atom. The van der Waals surface area contributed by atoms with E-state index in [2.05, 4.69) is 11.9 Å². The molecule has 0 saturated heterocycles. The largest absolute Gasteiger partial charge is 0.493 e. The molecule has 0 aromatic heterocycles. The Hall–Kier alpha value is -2.15. The maximum atomic E-state index is 12.7. The third-order valence-corrected chi connectivity index (χ3v) is 5.59. The van der Waals surface area contributed by atoms with Gasteiger partial charge in [0.25, 0.3) is 5.91 Å². The second-order valence-electron chi connectivity index (χ2n) is 7.20. The first kappa shape index (κ1) is 22.5. The molecule has 2 aromatic carbocycles. The zero-order valence-electron chi connectivity index (χ0n) is 17.4. The number of ether oxygens (including phenoxy) is 3. The topological polar surface area (TPSA) is 51.2 Å². The molecule has 1 aliphatic heterocycles. The zero-order chi connectivity index (χ0) is 21.7. The molecule has 0 unspecified atom stereocenters. The van der Waals surface area contributed by atoms with Crippen molar-refractivity contribution in [3.05, 3.63) is 51.5 Å². The van der Waals surface area contributed by atoms with Gasteiger partial charge in [-0.25, -0.2) is 0 Å². The van der Waals surface area contributed by atoms with Crippen LogP contribution >= 0.6 is 23.2 Å². The fourth-order valence-corrected chi connectivity index (χ4v) is 3.95. The number of benzene rings is 2. The third kappa shape index (κ3) is 5.31. The first-order chi connectivity index (χ1) is 14.4. The number of carbonyl (C=O) groups is 1. The standard InChI is InChI=1S/C22H26Cl2N2O4/c1-25(10-7-15-5-6-19(28-2)20(11-15)29-3)8-4-9-26-14-30-21-17(22(26)27)12-16(23)13-18(21)24/h5-6,11-13H,4,7-10,14H2,1-3H3. The van der Waals surface area contributed by atoms with Gasteiger partial charge in [-0.15, -0.1) is 0 Å². The Morgan fingerprint density at radius 2 is 1.87 bits per heavy atom. The third-order valence-electron chi connectivity index (χ3n) is 5.09. The van der Waals surface area contributed by atoms with Crippen LogP contribution in [0.5, 0.6) is 17.2 Å². The fourth-order valence-electron chi connectivity index (χ4n) is 3.40. The van der Waals surface area contributed by atoms with Crippen molar-refractivity contribution in [1.29, 1.82) is 0 Å². The molecular weight excluding hydrogens is 427 g/mol. The van der Waals surface area contributed by atoms with Crippen molar-refractivity contribution in [2.24, 2.45) is 0 Å². The van der Waals surface area contributed by atoms with E-state index in [1.165, 1.54) is 5.56 Å². The van der Waals surface area contributed by atoms with E-state index >= 15 is 0 Å². The molecule has 0 aliphatic carbocycles. The molecule has 1 aliphatic rings. The normalized spacial score (nSPS) is 13.3. The fraction of sp³-hybridized carbons (Fsp3) is 0.409. The summed E-state index contributed by atoms with van der Waals surface area (Å²) < 4.78 is 16.3. The number of amides is 1. The molecule has 1 amide bonds. The number of hydrogen-bond donors (Lipinski definition) is 0. The lowest BCUT2D eigenvalue weighted by atomic mass is 10.1. The van der Waals surface area contributed by atoms with Gasteiger partial charge < -0.3 is 24.0 Å². The van der Waals surface area contributed by atoms with Crippen LogP contribution in [0.2, 0.25) is 10.0 Å². The average molecular weight is 453 g/mol. The van der Waals surface area contributed by atoms with Crippen LogP contribution in [0, 0.1) is 0 Å². The van der Waals surface area contributed by atoms with E-state index in [1.54, 1.807) is 31.3 Å². The molecule has 0 fully saturated rings. The maximum Gasteiger partial charge on any atom is 0.260 e. The lowest BCUT2D eigenvalue weighted by molar-refractivity contribution is 0.0512. The van der Waals surface area contributed by atoms with Gasteiger partial charge in [-0.05, 0) is 56.3 Å². The van der Waals surface area contributed by atoms with Gasteiger partial charge in [-0.2, -0.15) is 0 Å². The SMILES string of the molecule is COc1ccc(CCN(C)CCCN2COc3c(Cl)cc(Cl)cc3C2=O)cc1OC. The van der Waals surface area contributed by atoms with Crippen LogP contribution < -0.4 is 14.2 Å². The van der Waals surface area contributed by atoms with E-state index in [9.17, 15) is 4.79 Å². The molecule has 3 rings (SSSR count). The Labute approximate surface area is 187 Å². The molecule has 2 aromatic rings. The number of halogens is 2. The number of rotatable bonds is 9. The van der Waals surface area contributed by atoms with Crippen molar-refractivity contribution in [2.75, 3.05) is 47.6 Å². The van der Waals surface area contributed by atoms with Crippen molar-refractivity contribution >= 4 is 29.1 Å². The molecule has 162 valence electrons. The molecule has 0 saturated carbocycles. The van der Waals surface area contributed by atoms with Crippen LogP contribution in [0.1, 0.15) is 22.3 Å². The Balaban J connectivity index is 1.47. The van der Waals surface area contributed by atoms with E-state index < -0.39 is 0 Å². The minimum atomic E-state index is -0.103. The van der Waals surface area contributed by atoms with Gasteiger partial charge in [0.1, 0.15) is 0 Å². The van der Waals surface area contributed by atoms with E-state index in [0.29, 0.717) is 27.9 Å². The van der Waals surface area contributed by atoms with Gasteiger partial charge >= 0.3 is 0 Å². The van der Waals surface area contributed by atoms with E-state index in [1.807, 2.05) is 18.2 Å². The smallest absolute Gasteiger partial charge is 0.260 e. The van der Waals surface area contributed by atoms with E-state index in [-0.39, 0.29) is 12.6 Å². The van der Waals surface area contributed by atoms with Crippen LogP contribution in [0.4, 0.5) is 0 Å². The second-order valence-corrected chi connectivity index (χ2v) is 8.05. The number of methoxy groups -OCH3 is 2. The van der Waals surface area contributed by atoms with Gasteiger partial charge in [0.2, 0.25) is 0 Å². The monoisotopic (exact) mass is 452 g/mol. The molecule has 30 heavy (non-hydrogen) atoms. The summed E-state index contributed by atoms with van der Waals surface area (Å²) >= 11 is 12.2. The van der Waals surface area contributed by atoms with Crippen molar-refractivity contribution in [2.45, 2.75) is 12.8 Å². The summed E-state index contributed by atoms with van der Waals surface area (Å²) in [7, 11) is 5.34. The highest BCUT2D eigenvalue weighted by molar-refractivity contribution is 6.36. The molecule has 6 nitrogen and oxygen atoms in total. The Kier molecular flexibility index (Phi) is 7.69. The number of nitrogens with zero attached hydrogens (tertiary/aromatic N) is 2. The van der Waals surface area contributed by atoms with Crippen molar-refractivity contribution in [1.82, 2.24) is 9.80 Å². The van der Waals surface area contributed by atoms with Gasteiger partial charge in [-0.3, -0.25) is 4.79 Å². The summed E-state index contributed by atoms with van der Waals surface area (Å²) in [5.41, 5.74) is 1.60. The van der Waals surface area contributed by atoms with Gasteiger partial charge in [0.05, 0.1) is 24.8 Å². The van der Waals surface area contributed by atoms with Crippen LogP contribution in [0.25, 0.3) is 0 Å². The number of fused-ring (bicyclic) bond motifs is 1. The highest BCUT2D eigenvalue weighted by Gasteiger charge is 2.27. The predicted molar refractivity (Wildman–Crippen MR) is 118 cm³/mol. The van der Waals surface area contributed by atoms with Crippen LogP contribution in [-0.4, -0.2) is 63.3 Å². The molecule has 8 heteroatoms. The summed E-state index contributed by atoms with van der Waals surface area (Å²) in [6, 6.07) is 9.16. The van der Waals surface area contributed by atoms with Gasteiger partial charge in [0, 0.05) is 18.1 Å². The Morgan fingerprint density at radius 1 is 1.10 bits per heavy atom. The molecule has 0 spiro atoms. The van der Waals surface area contributed by atoms with Crippen LogP contribution in [0.15, 0.2) is 30.3 Å². The van der Waals surface area contributed by atoms with Gasteiger partial charge in [0.15, 0.2) is 24.0 Å². The quantitative estimate of drug-likeness (QED) is 0.565. The summed E-state index contributed by atoms with van der Waals surface area (Å²) in [6.45, 7) is 2.56. The first-order valence-electron chi connectivity index (χ1n) is 9.73. The summed E-state index contributed by atoms with van der Waals surface area (Å²) in [5.74, 6) is 1.77. The van der Waals surface area contributed by atoms with E-state index in [4.69, 9.17) is 37.4 Å². The number of likely N-dealkylation sites (N-methyl/N-ethyl adjacent to an activating group) is 1. The predicted octanol–water partition coefficient (Wildman–Crippen LogP) is 4.37. The summed E-state index contributed by atoms with van der Waals surface area (Å²) in [6.07, 6.45) is 1.73. The van der Waals surface area contributed by atoms with E-state index in [0.717, 1.165) is 37.4 Å². The molecule has 0 radical (unpaired) electrons. The first-order valence-corrected chi connectivity index (χ1v) is 10.5. The minimum absolute atomic E-state index is 0.103. The minimum Gasteiger partial charge on any atom is -0.493 e. The van der Waals surface area contributed by atoms with Crippen molar-refractivity contribution in [3.8, 4) is 17.2 Å². The number of carbonyl (C=O) groups excluding carboxylic acids is 1. The van der Waals surface area contributed by atoms with Crippen molar-refractivity contribution < 1.29 is 19.0 Å². The highest BCUT2D eigenvalue weighted by Crippen LogP contribution is 2.35. The lowest BCUT2D eigenvalue weighted by Gasteiger charge is -2.30. The highest BCUT2D eigenvalue weighted by atomic mass is 35.5. The molecule has 0 N–H and O–H groups in total. The summed E-state index contributed by atoms with van der Waals surface area (Å²) in [4.78, 5) is 16.6. The Bertz CT molecular complexity index is 907. The van der Waals surface area contributed by atoms with Crippen molar-refractivity contribution in [3.63, 3.8) is 0 Å². The second kappa shape index (κ2) is 10.2. The van der Waals surface area contributed by atoms with Gasteiger partial charge in [-0.1, -0.05) is 29.3 Å². The lowest BCUT2D eigenvalue weighted by Crippen LogP contribution is -2.40.